The van der Waals surface area contributed by atoms with Crippen LogP contribution in [0.5, 0.6) is 0 Å². The maximum atomic E-state index is 12.0. The number of aryl methyl sites for hydroxylation is 1. The number of nitrogens with one attached hydrogen (secondary N) is 2. The smallest absolute Gasteiger partial charge is 0.237 e. The molecule has 104 valence electrons. The molecule has 0 spiro atoms. The van der Waals surface area contributed by atoms with E-state index in [1.54, 1.807) is 6.20 Å². The summed E-state index contributed by atoms with van der Waals surface area (Å²) in [5, 5.41) is 6.35. The van der Waals surface area contributed by atoms with E-state index >= 15 is 0 Å². The SMILES string of the molecule is Cc1cccnc1CNC(C)C(=O)NC1CCCC1. The van der Waals surface area contributed by atoms with Gasteiger partial charge in [-0.25, -0.2) is 0 Å². The number of amides is 1. The second kappa shape index (κ2) is 6.66. The number of carbonyl (C=O) groups excluding carboxylic acids is 1. The van der Waals surface area contributed by atoms with Crippen molar-refractivity contribution in [3.63, 3.8) is 0 Å². The topological polar surface area (TPSA) is 54.0 Å². The first-order chi connectivity index (χ1) is 9.16. The number of nitrogens with zero attached hydrogens (tertiary/aromatic N) is 1. The summed E-state index contributed by atoms with van der Waals surface area (Å²) in [6, 6.07) is 4.16. The Morgan fingerprint density at radius 3 is 2.89 bits per heavy atom. The van der Waals surface area contributed by atoms with E-state index in [0.717, 1.165) is 24.1 Å². The molecule has 1 aromatic heterocycles. The summed E-state index contributed by atoms with van der Waals surface area (Å²) in [5.74, 6) is 0.0977. The zero-order chi connectivity index (χ0) is 13.7. The van der Waals surface area contributed by atoms with Gasteiger partial charge in [0.15, 0.2) is 0 Å². The molecule has 1 atom stereocenters. The second-order valence-corrected chi connectivity index (χ2v) is 5.36. The van der Waals surface area contributed by atoms with Gasteiger partial charge in [0.25, 0.3) is 0 Å². The van der Waals surface area contributed by atoms with Gasteiger partial charge >= 0.3 is 0 Å². The van der Waals surface area contributed by atoms with Gasteiger partial charge in [-0.05, 0) is 38.3 Å². The molecule has 4 nitrogen and oxygen atoms in total. The maximum Gasteiger partial charge on any atom is 0.237 e. The fourth-order valence-corrected chi connectivity index (χ4v) is 2.44. The Morgan fingerprint density at radius 2 is 2.21 bits per heavy atom. The second-order valence-electron chi connectivity index (χ2n) is 5.36. The van der Waals surface area contributed by atoms with Crippen molar-refractivity contribution >= 4 is 5.91 Å². The van der Waals surface area contributed by atoms with Crippen molar-refractivity contribution in [3.05, 3.63) is 29.6 Å². The first-order valence-corrected chi connectivity index (χ1v) is 7.11. The molecule has 1 aliphatic carbocycles. The van der Waals surface area contributed by atoms with Crippen molar-refractivity contribution in [3.8, 4) is 0 Å². The molecule has 1 amide bonds. The highest BCUT2D eigenvalue weighted by atomic mass is 16.2. The number of pyridine rings is 1. The zero-order valence-electron chi connectivity index (χ0n) is 11.8. The monoisotopic (exact) mass is 261 g/mol. The molecule has 1 heterocycles. The molecule has 0 saturated heterocycles. The van der Waals surface area contributed by atoms with Crippen molar-refractivity contribution in [2.45, 2.75) is 58.2 Å². The summed E-state index contributed by atoms with van der Waals surface area (Å²) in [6.07, 6.45) is 6.50. The Labute approximate surface area is 115 Å². The van der Waals surface area contributed by atoms with E-state index in [9.17, 15) is 4.79 Å². The summed E-state index contributed by atoms with van der Waals surface area (Å²) in [6.45, 7) is 4.57. The summed E-state index contributed by atoms with van der Waals surface area (Å²) in [7, 11) is 0. The highest BCUT2D eigenvalue weighted by Gasteiger charge is 2.20. The molecule has 0 aromatic carbocycles. The molecule has 0 radical (unpaired) electrons. The highest BCUT2D eigenvalue weighted by Crippen LogP contribution is 2.17. The third-order valence-corrected chi connectivity index (χ3v) is 3.79. The third kappa shape index (κ3) is 4.03. The molecule has 1 aromatic rings. The summed E-state index contributed by atoms with van der Waals surface area (Å²) in [4.78, 5) is 16.3. The predicted molar refractivity (Wildman–Crippen MR) is 75.7 cm³/mol. The van der Waals surface area contributed by atoms with Crippen LogP contribution < -0.4 is 10.6 Å². The lowest BCUT2D eigenvalue weighted by atomic mass is 10.2. The van der Waals surface area contributed by atoms with E-state index in [0.29, 0.717) is 12.6 Å². The zero-order valence-corrected chi connectivity index (χ0v) is 11.8. The van der Waals surface area contributed by atoms with E-state index in [1.807, 2.05) is 26.0 Å². The number of rotatable bonds is 5. The molecular formula is C15H23N3O. The van der Waals surface area contributed by atoms with Crippen molar-refractivity contribution in [1.82, 2.24) is 15.6 Å². The van der Waals surface area contributed by atoms with Crippen molar-refractivity contribution in [2.75, 3.05) is 0 Å². The Bertz CT molecular complexity index is 427. The predicted octanol–water partition coefficient (Wildman–Crippen LogP) is 1.93. The van der Waals surface area contributed by atoms with Gasteiger partial charge in [-0.1, -0.05) is 18.9 Å². The number of carbonyl (C=O) groups is 1. The van der Waals surface area contributed by atoms with Crippen LogP contribution in [0.25, 0.3) is 0 Å². The average Bonchev–Trinajstić information content (AvgIpc) is 2.90. The molecule has 0 aliphatic heterocycles. The van der Waals surface area contributed by atoms with Crippen molar-refractivity contribution < 1.29 is 4.79 Å². The summed E-state index contributed by atoms with van der Waals surface area (Å²) >= 11 is 0. The molecule has 1 saturated carbocycles. The van der Waals surface area contributed by atoms with Crippen LogP contribution in [-0.4, -0.2) is 23.0 Å². The van der Waals surface area contributed by atoms with Gasteiger partial charge in [0.1, 0.15) is 0 Å². The third-order valence-electron chi connectivity index (χ3n) is 3.79. The standard InChI is InChI=1S/C15H23N3O/c1-11-6-5-9-16-14(11)10-17-12(2)15(19)18-13-7-3-4-8-13/h5-6,9,12-13,17H,3-4,7-8,10H2,1-2H3,(H,18,19). The van der Waals surface area contributed by atoms with Gasteiger partial charge in [-0.2, -0.15) is 0 Å². The van der Waals surface area contributed by atoms with Crippen molar-refractivity contribution in [2.24, 2.45) is 0 Å². The van der Waals surface area contributed by atoms with Crippen LogP contribution in [0, 0.1) is 6.92 Å². The quantitative estimate of drug-likeness (QED) is 0.851. The van der Waals surface area contributed by atoms with Gasteiger partial charge in [-0.15, -0.1) is 0 Å². The van der Waals surface area contributed by atoms with Crippen LogP contribution >= 0.6 is 0 Å². The number of hydrogen-bond acceptors (Lipinski definition) is 3. The van der Waals surface area contributed by atoms with Gasteiger partial charge in [0.05, 0.1) is 11.7 Å². The average molecular weight is 261 g/mol. The molecule has 1 unspecified atom stereocenters. The lowest BCUT2D eigenvalue weighted by molar-refractivity contribution is -0.123. The molecule has 1 fully saturated rings. The van der Waals surface area contributed by atoms with Gasteiger partial charge in [0, 0.05) is 18.8 Å². The Hall–Kier alpha value is -1.42. The van der Waals surface area contributed by atoms with Crippen LogP contribution in [0.15, 0.2) is 18.3 Å². The normalized spacial score (nSPS) is 17.4. The van der Waals surface area contributed by atoms with Gasteiger partial charge in [0.2, 0.25) is 5.91 Å². The number of aromatic nitrogens is 1. The van der Waals surface area contributed by atoms with E-state index in [1.165, 1.54) is 12.8 Å². The van der Waals surface area contributed by atoms with Crippen LogP contribution in [0.2, 0.25) is 0 Å². The Morgan fingerprint density at radius 1 is 1.47 bits per heavy atom. The van der Waals surface area contributed by atoms with Crippen LogP contribution in [-0.2, 0) is 11.3 Å². The first kappa shape index (κ1) is 14.0. The molecule has 4 heteroatoms. The van der Waals surface area contributed by atoms with E-state index in [2.05, 4.69) is 15.6 Å². The molecule has 19 heavy (non-hydrogen) atoms. The van der Waals surface area contributed by atoms with Crippen LogP contribution in [0.4, 0.5) is 0 Å². The minimum atomic E-state index is -0.179. The fraction of sp³-hybridized carbons (Fsp3) is 0.600. The molecule has 0 bridgehead atoms. The van der Waals surface area contributed by atoms with E-state index in [-0.39, 0.29) is 11.9 Å². The Balaban J connectivity index is 1.78. The van der Waals surface area contributed by atoms with E-state index in [4.69, 9.17) is 0 Å². The Kier molecular flexibility index (Phi) is 4.91. The minimum absolute atomic E-state index is 0.0977. The van der Waals surface area contributed by atoms with Gasteiger partial charge in [-0.3, -0.25) is 9.78 Å². The lowest BCUT2D eigenvalue weighted by Gasteiger charge is -2.18. The number of hydrogen-bond donors (Lipinski definition) is 2. The first-order valence-electron chi connectivity index (χ1n) is 7.11. The summed E-state index contributed by atoms with van der Waals surface area (Å²) < 4.78 is 0. The maximum absolute atomic E-state index is 12.0. The summed E-state index contributed by atoms with van der Waals surface area (Å²) in [5.41, 5.74) is 2.15. The fourth-order valence-electron chi connectivity index (χ4n) is 2.44. The van der Waals surface area contributed by atoms with Crippen molar-refractivity contribution in [1.29, 1.82) is 0 Å². The highest BCUT2D eigenvalue weighted by molar-refractivity contribution is 5.81. The minimum Gasteiger partial charge on any atom is -0.352 e. The largest absolute Gasteiger partial charge is 0.352 e. The van der Waals surface area contributed by atoms with Gasteiger partial charge < -0.3 is 10.6 Å². The molecular weight excluding hydrogens is 238 g/mol. The molecule has 2 N–H and O–H groups in total. The lowest BCUT2D eigenvalue weighted by Crippen LogP contribution is -2.45. The van der Waals surface area contributed by atoms with Crippen LogP contribution in [0.3, 0.4) is 0 Å². The molecule has 1 aliphatic rings. The van der Waals surface area contributed by atoms with Crippen LogP contribution in [0.1, 0.15) is 43.9 Å². The molecule has 2 rings (SSSR count). The van der Waals surface area contributed by atoms with E-state index < -0.39 is 0 Å².